The molecule has 0 aliphatic heterocycles. The molecule has 0 aromatic heterocycles. The fourth-order valence-electron chi connectivity index (χ4n) is 1.64. The van der Waals surface area contributed by atoms with Crippen LogP contribution in [0.25, 0.3) is 0 Å². The predicted molar refractivity (Wildman–Crippen MR) is 65.5 cm³/mol. The second kappa shape index (κ2) is 5.61. The van der Waals surface area contributed by atoms with Gasteiger partial charge in [0.15, 0.2) is 0 Å². The lowest BCUT2D eigenvalue weighted by atomic mass is 9.97. The molecule has 2 nitrogen and oxygen atoms in total. The number of para-hydroxylation sites is 1. The van der Waals surface area contributed by atoms with Crippen LogP contribution < -0.4 is 5.32 Å². The maximum atomic E-state index is 12.7. The van der Waals surface area contributed by atoms with Crippen LogP contribution >= 0.6 is 0 Å². The van der Waals surface area contributed by atoms with Gasteiger partial charge in [-0.25, -0.2) is 0 Å². The van der Waals surface area contributed by atoms with E-state index in [0.29, 0.717) is 12.8 Å². The molecule has 0 aliphatic rings. The smallest absolute Gasteiger partial charge is 0.388 e. The number of anilines is 1. The third kappa shape index (κ3) is 3.63. The number of nitrogens with one attached hydrogen (secondary N) is 1. The Bertz CT molecular complexity index is 386. The van der Waals surface area contributed by atoms with Gasteiger partial charge >= 0.3 is 6.18 Å². The van der Waals surface area contributed by atoms with Crippen molar-refractivity contribution in [2.45, 2.75) is 38.5 Å². The molecule has 0 amide bonds. The fraction of sp³-hybridized carbons (Fsp3) is 0.538. The highest BCUT2D eigenvalue weighted by Gasteiger charge is 2.33. The first-order chi connectivity index (χ1) is 8.32. The minimum absolute atomic E-state index is 0.00493. The summed E-state index contributed by atoms with van der Waals surface area (Å²) in [5, 5.41) is 12.7. The number of halogens is 3. The van der Waals surface area contributed by atoms with Crippen molar-refractivity contribution in [2.75, 3.05) is 11.9 Å². The molecule has 1 rings (SSSR count). The summed E-state index contributed by atoms with van der Waals surface area (Å²) in [6, 6.07) is 5.28. The Labute approximate surface area is 105 Å². The van der Waals surface area contributed by atoms with Crippen LogP contribution in [0.15, 0.2) is 24.3 Å². The van der Waals surface area contributed by atoms with Crippen LogP contribution in [0.3, 0.4) is 0 Å². The van der Waals surface area contributed by atoms with E-state index in [0.717, 1.165) is 6.07 Å². The zero-order valence-electron chi connectivity index (χ0n) is 10.5. The Kier molecular flexibility index (Phi) is 4.62. The molecule has 0 fully saturated rings. The maximum absolute atomic E-state index is 12.7. The molecular weight excluding hydrogens is 243 g/mol. The Balaban J connectivity index is 2.86. The molecule has 0 unspecified atom stereocenters. The molecule has 0 aliphatic carbocycles. The summed E-state index contributed by atoms with van der Waals surface area (Å²) < 4.78 is 38.2. The van der Waals surface area contributed by atoms with Crippen LogP contribution in [0.5, 0.6) is 0 Å². The van der Waals surface area contributed by atoms with Crippen LogP contribution in [0, 0.1) is 0 Å². The molecule has 1 aromatic rings. The average molecular weight is 261 g/mol. The van der Waals surface area contributed by atoms with Gasteiger partial charge in [0, 0.05) is 12.2 Å². The molecule has 0 saturated carbocycles. The highest BCUT2D eigenvalue weighted by Crippen LogP contribution is 2.34. The van der Waals surface area contributed by atoms with E-state index < -0.39 is 17.3 Å². The first kappa shape index (κ1) is 14.8. The molecule has 0 radical (unpaired) electrons. The summed E-state index contributed by atoms with van der Waals surface area (Å²) in [4.78, 5) is 0. The highest BCUT2D eigenvalue weighted by molar-refractivity contribution is 5.52. The molecule has 102 valence electrons. The minimum atomic E-state index is -4.39. The third-order valence-electron chi connectivity index (χ3n) is 3.16. The van der Waals surface area contributed by atoms with Gasteiger partial charge in [-0.05, 0) is 25.0 Å². The van der Waals surface area contributed by atoms with Crippen molar-refractivity contribution in [1.82, 2.24) is 0 Å². The lowest BCUT2D eigenvalue weighted by Gasteiger charge is -2.26. The van der Waals surface area contributed by atoms with E-state index in [1.54, 1.807) is 13.8 Å². The molecule has 0 saturated heterocycles. The number of rotatable bonds is 5. The van der Waals surface area contributed by atoms with Crippen LogP contribution in [0.2, 0.25) is 0 Å². The highest BCUT2D eigenvalue weighted by atomic mass is 19.4. The Hall–Kier alpha value is -1.23. The molecule has 2 N–H and O–H groups in total. The van der Waals surface area contributed by atoms with Crippen LogP contribution in [-0.4, -0.2) is 17.3 Å². The SMILES string of the molecule is CCC(O)(CC)CNc1ccccc1C(F)(F)F. The monoisotopic (exact) mass is 261 g/mol. The quantitative estimate of drug-likeness (QED) is 0.847. The third-order valence-corrected chi connectivity index (χ3v) is 3.16. The number of hydrogen-bond acceptors (Lipinski definition) is 2. The summed E-state index contributed by atoms with van der Waals surface area (Å²) in [5.74, 6) is 0. The molecular formula is C13H18F3NO. The molecule has 18 heavy (non-hydrogen) atoms. The van der Waals surface area contributed by atoms with Crippen molar-refractivity contribution in [1.29, 1.82) is 0 Å². The van der Waals surface area contributed by atoms with Gasteiger partial charge in [-0.15, -0.1) is 0 Å². The van der Waals surface area contributed by atoms with Gasteiger partial charge in [-0.1, -0.05) is 26.0 Å². The zero-order chi connectivity index (χ0) is 13.8. The van der Waals surface area contributed by atoms with E-state index in [1.165, 1.54) is 18.2 Å². The van der Waals surface area contributed by atoms with Gasteiger partial charge in [0.25, 0.3) is 0 Å². The van der Waals surface area contributed by atoms with Gasteiger partial charge in [0.05, 0.1) is 11.2 Å². The number of benzene rings is 1. The summed E-state index contributed by atoms with van der Waals surface area (Å²) in [5.41, 5.74) is -1.68. The van der Waals surface area contributed by atoms with Gasteiger partial charge in [-0.2, -0.15) is 13.2 Å². The summed E-state index contributed by atoms with van der Waals surface area (Å²) >= 11 is 0. The first-order valence-corrected chi connectivity index (χ1v) is 5.95. The van der Waals surface area contributed by atoms with Gasteiger partial charge in [-0.3, -0.25) is 0 Å². The van der Waals surface area contributed by atoms with Crippen molar-refractivity contribution in [3.05, 3.63) is 29.8 Å². The molecule has 0 bridgehead atoms. The molecule has 0 atom stereocenters. The van der Waals surface area contributed by atoms with Crippen molar-refractivity contribution < 1.29 is 18.3 Å². The maximum Gasteiger partial charge on any atom is 0.418 e. The number of hydrogen-bond donors (Lipinski definition) is 2. The Morgan fingerprint density at radius 3 is 2.17 bits per heavy atom. The molecule has 0 heterocycles. The second-order valence-corrected chi connectivity index (χ2v) is 4.33. The van der Waals surface area contributed by atoms with Crippen molar-refractivity contribution >= 4 is 5.69 Å². The van der Waals surface area contributed by atoms with E-state index in [4.69, 9.17) is 0 Å². The van der Waals surface area contributed by atoms with Gasteiger partial charge in [0.1, 0.15) is 0 Å². The van der Waals surface area contributed by atoms with Crippen molar-refractivity contribution in [2.24, 2.45) is 0 Å². The largest absolute Gasteiger partial charge is 0.418 e. The van der Waals surface area contributed by atoms with E-state index in [1.807, 2.05) is 0 Å². The van der Waals surface area contributed by atoms with Crippen molar-refractivity contribution in [3.8, 4) is 0 Å². The summed E-state index contributed by atoms with van der Waals surface area (Å²) in [6.45, 7) is 3.72. The Morgan fingerprint density at radius 2 is 1.67 bits per heavy atom. The molecule has 0 spiro atoms. The van der Waals surface area contributed by atoms with E-state index in [2.05, 4.69) is 5.32 Å². The zero-order valence-corrected chi connectivity index (χ0v) is 10.5. The van der Waals surface area contributed by atoms with Crippen LogP contribution in [-0.2, 0) is 6.18 Å². The first-order valence-electron chi connectivity index (χ1n) is 5.95. The average Bonchev–Trinajstić information content (AvgIpc) is 2.35. The molecule has 5 heteroatoms. The van der Waals surface area contributed by atoms with Crippen LogP contribution in [0.4, 0.5) is 18.9 Å². The van der Waals surface area contributed by atoms with Gasteiger partial charge < -0.3 is 10.4 Å². The number of aliphatic hydroxyl groups is 1. The standard InChI is InChI=1S/C13H18F3NO/c1-3-12(18,4-2)9-17-11-8-6-5-7-10(11)13(14,15)16/h5-8,17-18H,3-4,9H2,1-2H3. The van der Waals surface area contributed by atoms with Crippen LogP contribution in [0.1, 0.15) is 32.3 Å². The summed E-state index contributed by atoms with van der Waals surface area (Å²) in [6.07, 6.45) is -3.41. The summed E-state index contributed by atoms with van der Waals surface area (Å²) in [7, 11) is 0. The number of alkyl halides is 3. The lowest BCUT2D eigenvalue weighted by molar-refractivity contribution is -0.137. The van der Waals surface area contributed by atoms with E-state index >= 15 is 0 Å². The minimum Gasteiger partial charge on any atom is -0.388 e. The fourth-order valence-corrected chi connectivity index (χ4v) is 1.64. The lowest BCUT2D eigenvalue weighted by Crippen LogP contribution is -2.35. The molecule has 1 aromatic carbocycles. The topological polar surface area (TPSA) is 32.3 Å². The van der Waals surface area contributed by atoms with E-state index in [9.17, 15) is 18.3 Å². The predicted octanol–water partition coefficient (Wildman–Crippen LogP) is 3.67. The normalized spacial score (nSPS) is 12.6. The van der Waals surface area contributed by atoms with Crippen molar-refractivity contribution in [3.63, 3.8) is 0 Å². The van der Waals surface area contributed by atoms with Gasteiger partial charge in [0.2, 0.25) is 0 Å². The second-order valence-electron chi connectivity index (χ2n) is 4.33. The van der Waals surface area contributed by atoms with E-state index in [-0.39, 0.29) is 12.2 Å². The Morgan fingerprint density at radius 1 is 1.11 bits per heavy atom.